The fourth-order valence-electron chi connectivity index (χ4n) is 2.21. The highest BCUT2D eigenvalue weighted by molar-refractivity contribution is 4.96. The second-order valence-corrected chi connectivity index (χ2v) is 4.99. The lowest BCUT2D eigenvalue weighted by Gasteiger charge is -2.48. The Balaban J connectivity index is 0.000000139. The van der Waals surface area contributed by atoms with Crippen LogP contribution in [-0.2, 0) is 4.74 Å². The third-order valence-corrected chi connectivity index (χ3v) is 3.47. The standard InChI is InChI=1S/C6H13N.C5H9NO.C2H2/c7-6-4-2-1-3-5-6;1-5(2-6-1)3-7-4-5;1-2/h6H,1-5,7H2;6H,1-4H2;1-2H. The van der Waals surface area contributed by atoms with Crippen LogP contribution in [0.15, 0.2) is 0 Å². The van der Waals surface area contributed by atoms with E-state index in [2.05, 4.69) is 18.2 Å². The van der Waals surface area contributed by atoms with Gasteiger partial charge in [-0.3, -0.25) is 0 Å². The molecule has 0 radical (unpaired) electrons. The highest BCUT2D eigenvalue weighted by Gasteiger charge is 2.43. The molecular formula is C13H24N2O. The van der Waals surface area contributed by atoms with Gasteiger partial charge in [0.1, 0.15) is 0 Å². The van der Waals surface area contributed by atoms with Crippen LogP contribution in [0.1, 0.15) is 32.1 Å². The van der Waals surface area contributed by atoms with Gasteiger partial charge in [0.2, 0.25) is 0 Å². The van der Waals surface area contributed by atoms with Crippen molar-refractivity contribution in [2.75, 3.05) is 26.3 Å². The Morgan fingerprint density at radius 2 is 1.62 bits per heavy atom. The monoisotopic (exact) mass is 224 g/mol. The first-order chi connectivity index (χ1) is 7.81. The molecule has 3 N–H and O–H groups in total. The molecule has 0 aromatic carbocycles. The molecule has 0 unspecified atom stereocenters. The molecule has 0 aromatic heterocycles. The molecule has 1 saturated carbocycles. The molecule has 3 fully saturated rings. The van der Waals surface area contributed by atoms with Crippen molar-refractivity contribution in [3.8, 4) is 12.8 Å². The van der Waals surface area contributed by atoms with Crippen LogP contribution in [0, 0.1) is 18.3 Å². The van der Waals surface area contributed by atoms with Gasteiger partial charge in [-0.05, 0) is 12.8 Å². The van der Waals surface area contributed by atoms with Crippen molar-refractivity contribution in [3.05, 3.63) is 0 Å². The van der Waals surface area contributed by atoms with Crippen LogP contribution in [-0.4, -0.2) is 32.3 Å². The Kier molecular flexibility index (Phi) is 5.83. The number of rotatable bonds is 0. The molecule has 0 amide bonds. The molecule has 1 aliphatic carbocycles. The predicted octanol–water partition coefficient (Wildman–Crippen LogP) is 1.13. The minimum Gasteiger partial charge on any atom is -0.380 e. The summed E-state index contributed by atoms with van der Waals surface area (Å²) in [5.74, 6) is 0. The lowest BCUT2D eigenvalue weighted by atomic mass is 9.80. The topological polar surface area (TPSA) is 47.3 Å². The van der Waals surface area contributed by atoms with Crippen molar-refractivity contribution in [3.63, 3.8) is 0 Å². The molecule has 2 heterocycles. The fourth-order valence-corrected chi connectivity index (χ4v) is 2.21. The maximum Gasteiger partial charge on any atom is 0.0569 e. The highest BCUT2D eigenvalue weighted by atomic mass is 16.5. The molecule has 3 heteroatoms. The van der Waals surface area contributed by atoms with E-state index in [0.29, 0.717) is 11.5 Å². The summed E-state index contributed by atoms with van der Waals surface area (Å²) in [7, 11) is 0. The van der Waals surface area contributed by atoms with Crippen molar-refractivity contribution in [1.29, 1.82) is 0 Å². The van der Waals surface area contributed by atoms with Crippen LogP contribution in [0.25, 0.3) is 0 Å². The number of hydrogen-bond acceptors (Lipinski definition) is 3. The van der Waals surface area contributed by atoms with E-state index in [9.17, 15) is 0 Å². The maximum atomic E-state index is 5.63. The number of terminal acetylenes is 1. The molecule has 92 valence electrons. The Morgan fingerprint density at radius 1 is 1.06 bits per heavy atom. The summed E-state index contributed by atoms with van der Waals surface area (Å²) >= 11 is 0. The number of hydrogen-bond donors (Lipinski definition) is 2. The molecule has 2 aliphatic heterocycles. The minimum atomic E-state index is 0.536. The van der Waals surface area contributed by atoms with Crippen molar-refractivity contribution in [2.24, 2.45) is 11.1 Å². The van der Waals surface area contributed by atoms with Crippen molar-refractivity contribution < 1.29 is 4.74 Å². The second kappa shape index (κ2) is 6.90. The van der Waals surface area contributed by atoms with Gasteiger partial charge in [-0.2, -0.15) is 0 Å². The predicted molar refractivity (Wildman–Crippen MR) is 67.1 cm³/mol. The van der Waals surface area contributed by atoms with E-state index in [1.807, 2.05) is 0 Å². The summed E-state index contributed by atoms with van der Waals surface area (Å²) in [5.41, 5.74) is 6.25. The first-order valence-electron chi connectivity index (χ1n) is 6.18. The second-order valence-electron chi connectivity index (χ2n) is 4.99. The summed E-state index contributed by atoms with van der Waals surface area (Å²) in [6.07, 6.45) is 14.7. The Hall–Kier alpha value is -0.560. The van der Waals surface area contributed by atoms with Crippen LogP contribution >= 0.6 is 0 Å². The molecule has 3 rings (SSSR count). The molecule has 3 aliphatic rings. The molecule has 1 spiro atoms. The number of ether oxygens (including phenoxy) is 1. The van der Waals surface area contributed by atoms with Gasteiger partial charge >= 0.3 is 0 Å². The zero-order chi connectivity index (χ0) is 11.9. The van der Waals surface area contributed by atoms with E-state index in [4.69, 9.17) is 10.5 Å². The van der Waals surface area contributed by atoms with Crippen LogP contribution in [0.4, 0.5) is 0 Å². The summed E-state index contributed by atoms with van der Waals surface area (Å²) in [4.78, 5) is 0. The quantitative estimate of drug-likeness (QED) is 0.606. The SMILES string of the molecule is C#C.C1NCC12COC2.NC1CCCCC1. The summed E-state index contributed by atoms with van der Waals surface area (Å²) in [6.45, 7) is 4.38. The smallest absolute Gasteiger partial charge is 0.0569 e. The molecule has 0 aromatic rings. The zero-order valence-electron chi connectivity index (χ0n) is 10.1. The van der Waals surface area contributed by atoms with Gasteiger partial charge in [0, 0.05) is 24.5 Å². The van der Waals surface area contributed by atoms with Gasteiger partial charge in [-0.25, -0.2) is 0 Å². The van der Waals surface area contributed by atoms with Crippen LogP contribution in [0.2, 0.25) is 0 Å². The maximum absolute atomic E-state index is 5.63. The number of nitrogens with two attached hydrogens (primary N) is 1. The van der Waals surface area contributed by atoms with E-state index in [0.717, 1.165) is 13.2 Å². The van der Waals surface area contributed by atoms with Gasteiger partial charge in [-0.1, -0.05) is 19.3 Å². The van der Waals surface area contributed by atoms with Gasteiger partial charge in [0.25, 0.3) is 0 Å². The van der Waals surface area contributed by atoms with Crippen LogP contribution in [0.3, 0.4) is 0 Å². The van der Waals surface area contributed by atoms with Gasteiger partial charge in [0.05, 0.1) is 13.2 Å². The first-order valence-corrected chi connectivity index (χ1v) is 6.18. The van der Waals surface area contributed by atoms with Crippen molar-refractivity contribution in [2.45, 2.75) is 38.1 Å². The molecule has 0 bridgehead atoms. The molecule has 0 atom stereocenters. The van der Waals surface area contributed by atoms with Crippen LogP contribution < -0.4 is 11.1 Å². The Morgan fingerprint density at radius 3 is 1.75 bits per heavy atom. The van der Waals surface area contributed by atoms with E-state index in [-0.39, 0.29) is 0 Å². The Bertz CT molecular complexity index is 186. The summed E-state index contributed by atoms with van der Waals surface area (Å²) < 4.78 is 5.04. The highest BCUT2D eigenvalue weighted by Crippen LogP contribution is 2.30. The molecule has 2 saturated heterocycles. The minimum absolute atomic E-state index is 0.536. The normalized spacial score (nSPS) is 26.2. The lowest BCUT2D eigenvalue weighted by molar-refractivity contribution is -0.139. The van der Waals surface area contributed by atoms with E-state index < -0.39 is 0 Å². The first kappa shape index (κ1) is 13.5. The van der Waals surface area contributed by atoms with E-state index in [1.165, 1.54) is 45.2 Å². The average Bonchev–Trinajstić information content (AvgIpc) is 2.18. The molecule has 3 nitrogen and oxygen atoms in total. The third kappa shape index (κ3) is 3.79. The van der Waals surface area contributed by atoms with E-state index >= 15 is 0 Å². The molecule has 16 heavy (non-hydrogen) atoms. The largest absolute Gasteiger partial charge is 0.380 e. The molecular weight excluding hydrogens is 200 g/mol. The van der Waals surface area contributed by atoms with Crippen LogP contribution in [0.5, 0.6) is 0 Å². The Labute approximate surface area is 99.1 Å². The van der Waals surface area contributed by atoms with Crippen molar-refractivity contribution >= 4 is 0 Å². The zero-order valence-corrected chi connectivity index (χ0v) is 10.1. The summed E-state index contributed by atoms with van der Waals surface area (Å²) in [6, 6.07) is 0.536. The van der Waals surface area contributed by atoms with Gasteiger partial charge < -0.3 is 15.8 Å². The lowest BCUT2D eigenvalue weighted by Crippen LogP contribution is -2.64. The van der Waals surface area contributed by atoms with Crippen molar-refractivity contribution in [1.82, 2.24) is 5.32 Å². The van der Waals surface area contributed by atoms with E-state index in [1.54, 1.807) is 0 Å². The fraction of sp³-hybridized carbons (Fsp3) is 0.846. The number of nitrogens with one attached hydrogen (secondary N) is 1. The third-order valence-electron chi connectivity index (χ3n) is 3.47. The van der Waals surface area contributed by atoms with Gasteiger partial charge in [-0.15, -0.1) is 12.8 Å². The van der Waals surface area contributed by atoms with Gasteiger partial charge in [0.15, 0.2) is 0 Å². The summed E-state index contributed by atoms with van der Waals surface area (Å²) in [5, 5.41) is 3.22. The average molecular weight is 224 g/mol.